The molecule has 0 bridgehead atoms. The summed E-state index contributed by atoms with van der Waals surface area (Å²) < 4.78 is 15.8. The summed E-state index contributed by atoms with van der Waals surface area (Å²) in [7, 11) is 0. The smallest absolute Gasteiger partial charge is 0.408 e. The van der Waals surface area contributed by atoms with Gasteiger partial charge in [-0.1, -0.05) is 13.0 Å². The van der Waals surface area contributed by atoms with Crippen LogP contribution in [0.3, 0.4) is 0 Å². The van der Waals surface area contributed by atoms with Gasteiger partial charge in [-0.15, -0.1) is 6.58 Å². The van der Waals surface area contributed by atoms with Gasteiger partial charge in [0.05, 0.1) is 19.3 Å². The summed E-state index contributed by atoms with van der Waals surface area (Å²) in [5.74, 6) is -0.636. The predicted molar refractivity (Wildman–Crippen MR) is 89.2 cm³/mol. The minimum absolute atomic E-state index is 0.0691. The average molecular weight is 329 g/mol. The van der Waals surface area contributed by atoms with Gasteiger partial charge in [-0.25, -0.2) is 9.59 Å². The van der Waals surface area contributed by atoms with Gasteiger partial charge in [0, 0.05) is 0 Å². The van der Waals surface area contributed by atoms with E-state index in [9.17, 15) is 9.59 Å². The monoisotopic (exact) mass is 329 g/mol. The van der Waals surface area contributed by atoms with E-state index in [0.29, 0.717) is 13.0 Å². The quantitative estimate of drug-likeness (QED) is 0.520. The van der Waals surface area contributed by atoms with Crippen LogP contribution in [-0.4, -0.2) is 43.0 Å². The van der Waals surface area contributed by atoms with Crippen LogP contribution in [0.2, 0.25) is 0 Å². The molecule has 0 heterocycles. The molecule has 0 aromatic rings. The maximum absolute atomic E-state index is 12.1. The summed E-state index contributed by atoms with van der Waals surface area (Å²) >= 11 is 0. The zero-order valence-electron chi connectivity index (χ0n) is 15.2. The van der Waals surface area contributed by atoms with Crippen molar-refractivity contribution in [1.29, 1.82) is 0 Å². The molecule has 0 saturated carbocycles. The van der Waals surface area contributed by atoms with E-state index >= 15 is 0 Å². The van der Waals surface area contributed by atoms with Crippen LogP contribution in [0.25, 0.3) is 0 Å². The van der Waals surface area contributed by atoms with Crippen molar-refractivity contribution < 1.29 is 23.8 Å². The molecule has 3 atom stereocenters. The van der Waals surface area contributed by atoms with Crippen molar-refractivity contribution in [2.45, 2.75) is 65.7 Å². The molecular formula is C17H31NO5. The van der Waals surface area contributed by atoms with Crippen LogP contribution >= 0.6 is 0 Å². The zero-order valence-corrected chi connectivity index (χ0v) is 15.2. The van der Waals surface area contributed by atoms with Gasteiger partial charge in [-0.2, -0.15) is 0 Å². The fourth-order valence-electron chi connectivity index (χ4n) is 2.06. The van der Waals surface area contributed by atoms with Gasteiger partial charge in [0.25, 0.3) is 0 Å². The summed E-state index contributed by atoms with van der Waals surface area (Å²) in [4.78, 5) is 24.1. The first-order valence-corrected chi connectivity index (χ1v) is 7.99. The Labute approximate surface area is 139 Å². The third-order valence-electron chi connectivity index (χ3n) is 2.98. The van der Waals surface area contributed by atoms with E-state index in [2.05, 4.69) is 11.9 Å². The van der Waals surface area contributed by atoms with E-state index in [4.69, 9.17) is 14.2 Å². The minimum atomic E-state index is -0.778. The van der Waals surface area contributed by atoms with E-state index in [1.54, 1.807) is 33.8 Å². The predicted octanol–water partition coefficient (Wildman–Crippen LogP) is 3.06. The molecule has 1 N–H and O–H groups in total. The molecule has 0 saturated heterocycles. The van der Waals surface area contributed by atoms with Crippen LogP contribution in [0.1, 0.15) is 48.0 Å². The first-order valence-electron chi connectivity index (χ1n) is 7.99. The van der Waals surface area contributed by atoms with Gasteiger partial charge < -0.3 is 19.5 Å². The standard InChI is InChI=1S/C17H31NO5/c1-8-10-22-13(4)11-12(3)14(15(19)21-9-2)18-16(20)23-17(5,6)7/h8,12-14H,1,9-11H2,2-7H3,(H,18,20). The molecule has 3 unspecified atom stereocenters. The molecule has 1 amide bonds. The lowest BCUT2D eigenvalue weighted by atomic mass is 9.95. The first-order chi connectivity index (χ1) is 10.6. The fourth-order valence-corrected chi connectivity index (χ4v) is 2.06. The molecule has 134 valence electrons. The Morgan fingerprint density at radius 1 is 1.26 bits per heavy atom. The molecule has 23 heavy (non-hydrogen) atoms. The van der Waals surface area contributed by atoms with Crippen LogP contribution in [0, 0.1) is 5.92 Å². The average Bonchev–Trinajstić information content (AvgIpc) is 2.40. The van der Waals surface area contributed by atoms with Crippen LogP contribution in [0.15, 0.2) is 12.7 Å². The summed E-state index contributed by atoms with van der Waals surface area (Å²) in [6.07, 6.45) is 1.55. The van der Waals surface area contributed by atoms with E-state index in [1.165, 1.54) is 0 Å². The molecule has 0 aliphatic carbocycles. The molecule has 0 aromatic carbocycles. The van der Waals surface area contributed by atoms with Crippen LogP contribution in [0.4, 0.5) is 4.79 Å². The van der Waals surface area contributed by atoms with Gasteiger partial charge >= 0.3 is 12.1 Å². The number of rotatable bonds is 9. The summed E-state index contributed by atoms with van der Waals surface area (Å²) in [6, 6.07) is -0.778. The molecule has 0 fully saturated rings. The van der Waals surface area contributed by atoms with Crippen molar-refractivity contribution in [1.82, 2.24) is 5.32 Å². The lowest BCUT2D eigenvalue weighted by Crippen LogP contribution is -2.48. The maximum Gasteiger partial charge on any atom is 0.408 e. The number of hydrogen-bond acceptors (Lipinski definition) is 5. The van der Waals surface area contributed by atoms with Crippen LogP contribution in [0.5, 0.6) is 0 Å². The maximum atomic E-state index is 12.1. The normalized spacial score (nSPS) is 15.2. The second-order valence-corrected chi connectivity index (χ2v) is 6.52. The third-order valence-corrected chi connectivity index (χ3v) is 2.98. The van der Waals surface area contributed by atoms with Gasteiger partial charge in [-0.05, 0) is 47.0 Å². The zero-order chi connectivity index (χ0) is 18.0. The largest absolute Gasteiger partial charge is 0.464 e. The third kappa shape index (κ3) is 9.94. The Morgan fingerprint density at radius 2 is 1.87 bits per heavy atom. The number of nitrogens with one attached hydrogen (secondary N) is 1. The van der Waals surface area contributed by atoms with Gasteiger partial charge in [0.2, 0.25) is 0 Å². The van der Waals surface area contributed by atoms with Crippen molar-refractivity contribution in [2.75, 3.05) is 13.2 Å². The summed E-state index contributed by atoms with van der Waals surface area (Å²) in [5.41, 5.74) is -0.632. The molecule has 0 aliphatic heterocycles. The topological polar surface area (TPSA) is 73.9 Å². The molecule has 6 nitrogen and oxygen atoms in total. The molecular weight excluding hydrogens is 298 g/mol. The van der Waals surface area contributed by atoms with Gasteiger partial charge in [0.1, 0.15) is 11.6 Å². The number of carbonyl (C=O) groups is 2. The Morgan fingerprint density at radius 3 is 2.35 bits per heavy atom. The molecule has 6 heteroatoms. The van der Waals surface area contributed by atoms with Crippen molar-refractivity contribution in [2.24, 2.45) is 5.92 Å². The molecule has 0 spiro atoms. The number of ether oxygens (including phenoxy) is 3. The molecule has 0 rings (SSSR count). The Kier molecular flexibility index (Phi) is 9.56. The van der Waals surface area contributed by atoms with Crippen LogP contribution < -0.4 is 5.32 Å². The van der Waals surface area contributed by atoms with E-state index < -0.39 is 23.7 Å². The van der Waals surface area contributed by atoms with Crippen molar-refractivity contribution in [3.8, 4) is 0 Å². The van der Waals surface area contributed by atoms with Gasteiger partial charge in [-0.3, -0.25) is 0 Å². The highest BCUT2D eigenvalue weighted by atomic mass is 16.6. The van der Waals surface area contributed by atoms with Crippen LogP contribution in [-0.2, 0) is 19.0 Å². The van der Waals surface area contributed by atoms with Gasteiger partial charge in [0.15, 0.2) is 0 Å². The number of amides is 1. The second kappa shape index (κ2) is 10.3. The number of carbonyl (C=O) groups excluding carboxylic acids is 2. The number of alkyl carbamates (subject to hydrolysis) is 1. The summed E-state index contributed by atoms with van der Waals surface area (Å²) in [6.45, 7) is 15.1. The highest BCUT2D eigenvalue weighted by molar-refractivity contribution is 5.81. The first kappa shape index (κ1) is 21.4. The Balaban J connectivity index is 4.82. The lowest BCUT2D eigenvalue weighted by molar-refractivity contribution is -0.147. The lowest BCUT2D eigenvalue weighted by Gasteiger charge is -2.27. The fraction of sp³-hybridized carbons (Fsp3) is 0.765. The molecule has 0 aliphatic rings. The summed E-state index contributed by atoms with van der Waals surface area (Å²) in [5, 5.41) is 2.61. The van der Waals surface area contributed by atoms with Crippen molar-refractivity contribution in [3.05, 3.63) is 12.7 Å². The molecule has 0 radical (unpaired) electrons. The number of hydrogen-bond donors (Lipinski definition) is 1. The van der Waals surface area contributed by atoms with E-state index in [1.807, 2.05) is 13.8 Å². The van der Waals surface area contributed by atoms with E-state index in [-0.39, 0.29) is 18.6 Å². The SMILES string of the molecule is C=CCOC(C)CC(C)C(NC(=O)OC(C)(C)C)C(=O)OCC. The second-order valence-electron chi connectivity index (χ2n) is 6.52. The Bertz CT molecular complexity index is 389. The Hall–Kier alpha value is -1.56. The van der Waals surface area contributed by atoms with Crippen molar-refractivity contribution in [3.63, 3.8) is 0 Å². The number of esters is 1. The van der Waals surface area contributed by atoms with Crippen molar-refractivity contribution >= 4 is 12.1 Å². The highest BCUT2D eigenvalue weighted by Gasteiger charge is 2.31. The minimum Gasteiger partial charge on any atom is -0.464 e. The van der Waals surface area contributed by atoms with E-state index in [0.717, 1.165) is 0 Å². The molecule has 0 aromatic heterocycles. The highest BCUT2D eigenvalue weighted by Crippen LogP contribution is 2.16.